The number of sulfone groups is 1. The van der Waals surface area contributed by atoms with Gasteiger partial charge >= 0.3 is 5.51 Å². The van der Waals surface area contributed by atoms with E-state index in [1.54, 1.807) is 12.1 Å². The minimum Gasteiger partial charge on any atom is -0.454 e. The summed E-state index contributed by atoms with van der Waals surface area (Å²) in [4.78, 5) is 11.2. The first-order chi connectivity index (χ1) is 11.7. The summed E-state index contributed by atoms with van der Waals surface area (Å²) in [6.45, 7) is 0.0713. The number of halogens is 3. The summed E-state index contributed by atoms with van der Waals surface area (Å²) in [7, 11) is -5.45. The molecule has 25 heavy (non-hydrogen) atoms. The van der Waals surface area contributed by atoms with Crippen LogP contribution in [0.3, 0.4) is 0 Å². The van der Waals surface area contributed by atoms with Crippen molar-refractivity contribution in [2.75, 3.05) is 12.1 Å². The molecule has 1 heterocycles. The first-order valence-electron chi connectivity index (χ1n) is 6.81. The molecule has 0 aromatic heterocycles. The Hall–Kier alpha value is -2.75. The van der Waals surface area contributed by atoms with Gasteiger partial charge in [-0.15, -0.1) is 0 Å². The normalized spacial score (nSPS) is 13.6. The summed E-state index contributed by atoms with van der Waals surface area (Å²) in [5.74, 6) is 0.360. The average molecular weight is 373 g/mol. The lowest BCUT2D eigenvalue weighted by Gasteiger charge is -2.09. The molecule has 1 aliphatic heterocycles. The zero-order valence-corrected chi connectivity index (χ0v) is 13.1. The monoisotopic (exact) mass is 373 g/mol. The summed E-state index contributed by atoms with van der Waals surface area (Å²) in [5.41, 5.74) is -5.01. The number of nitrogens with one attached hydrogen (secondary N) is 1. The number of alkyl halides is 3. The zero-order chi connectivity index (χ0) is 18.2. The van der Waals surface area contributed by atoms with Gasteiger partial charge in [-0.05, 0) is 36.4 Å². The second kappa shape index (κ2) is 5.96. The molecule has 1 amide bonds. The van der Waals surface area contributed by atoms with Gasteiger partial charge in [0.05, 0.1) is 4.90 Å². The van der Waals surface area contributed by atoms with E-state index in [-0.39, 0.29) is 12.4 Å². The van der Waals surface area contributed by atoms with E-state index in [1.165, 1.54) is 6.07 Å². The Labute approximate surface area is 140 Å². The van der Waals surface area contributed by atoms with Gasteiger partial charge in [-0.25, -0.2) is 8.42 Å². The van der Waals surface area contributed by atoms with Crippen LogP contribution in [-0.2, 0) is 9.84 Å². The molecule has 2 aromatic rings. The second-order valence-electron chi connectivity index (χ2n) is 5.00. The van der Waals surface area contributed by atoms with Gasteiger partial charge in [-0.2, -0.15) is 13.2 Å². The van der Waals surface area contributed by atoms with Gasteiger partial charge in [0.2, 0.25) is 6.79 Å². The highest BCUT2D eigenvalue weighted by Crippen LogP contribution is 2.34. The van der Waals surface area contributed by atoms with Gasteiger partial charge in [0.1, 0.15) is 0 Å². The van der Waals surface area contributed by atoms with Crippen LogP contribution in [0.1, 0.15) is 10.4 Å². The number of benzene rings is 2. The number of rotatable bonds is 3. The molecule has 2 aromatic carbocycles. The summed E-state index contributed by atoms with van der Waals surface area (Å²) in [5, 5.41) is 2.53. The van der Waals surface area contributed by atoms with Crippen LogP contribution in [0.5, 0.6) is 11.5 Å². The average Bonchev–Trinajstić information content (AvgIpc) is 3.01. The highest BCUT2D eigenvalue weighted by Gasteiger charge is 2.46. The summed E-state index contributed by atoms with van der Waals surface area (Å²) in [6.07, 6.45) is 0. The van der Waals surface area contributed by atoms with Crippen LogP contribution in [0.15, 0.2) is 47.4 Å². The lowest BCUT2D eigenvalue weighted by molar-refractivity contribution is -0.0436. The van der Waals surface area contributed by atoms with Crippen LogP contribution in [0.2, 0.25) is 0 Å². The largest absolute Gasteiger partial charge is 0.501 e. The van der Waals surface area contributed by atoms with Gasteiger partial charge in [0.15, 0.2) is 11.5 Å². The number of fused-ring (bicyclic) bond motifs is 1. The number of hydrogen-bond acceptors (Lipinski definition) is 5. The van der Waals surface area contributed by atoms with Crippen molar-refractivity contribution in [3.8, 4) is 11.5 Å². The molecule has 132 valence electrons. The SMILES string of the molecule is O=C(Nc1ccc2c(c1)OCO2)c1ccc(S(=O)(=O)C(F)(F)F)cc1. The molecule has 0 aliphatic carbocycles. The summed E-state index contributed by atoms with van der Waals surface area (Å²) < 4.78 is 70.3. The maximum absolute atomic E-state index is 12.5. The highest BCUT2D eigenvalue weighted by molar-refractivity contribution is 7.92. The molecule has 1 N–H and O–H groups in total. The Morgan fingerprint density at radius 3 is 2.28 bits per heavy atom. The van der Waals surface area contributed by atoms with Crippen molar-refractivity contribution >= 4 is 21.4 Å². The van der Waals surface area contributed by atoms with E-state index < -0.39 is 26.1 Å². The van der Waals surface area contributed by atoms with Gasteiger partial charge in [-0.3, -0.25) is 4.79 Å². The van der Waals surface area contributed by atoms with Crippen molar-refractivity contribution in [3.63, 3.8) is 0 Å². The maximum atomic E-state index is 12.5. The van der Waals surface area contributed by atoms with Crippen LogP contribution in [-0.4, -0.2) is 26.6 Å². The van der Waals surface area contributed by atoms with Crippen molar-refractivity contribution in [1.82, 2.24) is 0 Å². The highest BCUT2D eigenvalue weighted by atomic mass is 32.2. The van der Waals surface area contributed by atoms with Gasteiger partial charge < -0.3 is 14.8 Å². The van der Waals surface area contributed by atoms with E-state index in [1.807, 2.05) is 0 Å². The fraction of sp³-hybridized carbons (Fsp3) is 0.133. The molecule has 0 saturated carbocycles. The maximum Gasteiger partial charge on any atom is 0.501 e. The Morgan fingerprint density at radius 1 is 1.00 bits per heavy atom. The molecule has 0 atom stereocenters. The third-order valence-electron chi connectivity index (χ3n) is 3.36. The number of hydrogen-bond donors (Lipinski definition) is 1. The molecular weight excluding hydrogens is 363 g/mol. The number of anilines is 1. The van der Waals surface area contributed by atoms with E-state index in [0.717, 1.165) is 24.3 Å². The molecule has 6 nitrogen and oxygen atoms in total. The number of amides is 1. The first kappa shape index (κ1) is 17.1. The second-order valence-corrected chi connectivity index (χ2v) is 6.94. The van der Waals surface area contributed by atoms with E-state index in [4.69, 9.17) is 9.47 Å². The fourth-order valence-electron chi connectivity index (χ4n) is 2.10. The summed E-state index contributed by atoms with van der Waals surface area (Å²) in [6, 6.07) is 8.16. The third-order valence-corrected chi connectivity index (χ3v) is 4.86. The topological polar surface area (TPSA) is 81.7 Å². The fourth-order valence-corrected chi connectivity index (χ4v) is 2.86. The molecule has 0 bridgehead atoms. The molecular formula is C15H10F3NO5S. The lowest BCUT2D eigenvalue weighted by atomic mass is 10.2. The Balaban J connectivity index is 1.77. The number of carbonyl (C=O) groups excluding carboxylic acids is 1. The molecule has 0 fully saturated rings. The van der Waals surface area contributed by atoms with Crippen molar-refractivity contribution in [1.29, 1.82) is 0 Å². The smallest absolute Gasteiger partial charge is 0.454 e. The zero-order valence-electron chi connectivity index (χ0n) is 12.3. The van der Waals surface area contributed by atoms with Crippen LogP contribution in [0.4, 0.5) is 18.9 Å². The Bertz CT molecular complexity index is 923. The van der Waals surface area contributed by atoms with Crippen LogP contribution < -0.4 is 14.8 Å². The summed E-state index contributed by atoms with van der Waals surface area (Å²) >= 11 is 0. The minimum atomic E-state index is -5.45. The van der Waals surface area contributed by atoms with E-state index in [2.05, 4.69) is 5.32 Å². The minimum absolute atomic E-state index is 0.00112. The molecule has 10 heteroatoms. The molecule has 3 rings (SSSR count). The van der Waals surface area contributed by atoms with Crippen LogP contribution in [0.25, 0.3) is 0 Å². The van der Waals surface area contributed by atoms with Gasteiger partial charge in [0.25, 0.3) is 15.7 Å². The lowest BCUT2D eigenvalue weighted by Crippen LogP contribution is -2.23. The standard InChI is InChI=1S/C15H10F3NO5S/c16-15(17,18)25(21,22)11-4-1-9(2-5-11)14(20)19-10-3-6-12-13(7-10)24-8-23-12/h1-7H,8H2,(H,19,20). The predicted molar refractivity (Wildman–Crippen MR) is 80.2 cm³/mol. The van der Waals surface area contributed by atoms with Gasteiger partial charge in [0, 0.05) is 17.3 Å². The molecule has 0 radical (unpaired) electrons. The van der Waals surface area contributed by atoms with Crippen LogP contribution in [0, 0.1) is 0 Å². The quantitative estimate of drug-likeness (QED) is 0.895. The Kier molecular flexibility index (Phi) is 4.07. The number of ether oxygens (including phenoxy) is 2. The molecule has 0 spiro atoms. The third kappa shape index (κ3) is 3.25. The van der Waals surface area contributed by atoms with E-state index >= 15 is 0 Å². The van der Waals surface area contributed by atoms with Crippen molar-refractivity contribution in [2.45, 2.75) is 10.4 Å². The molecule has 0 unspecified atom stereocenters. The van der Waals surface area contributed by atoms with Gasteiger partial charge in [-0.1, -0.05) is 0 Å². The Morgan fingerprint density at radius 2 is 1.64 bits per heavy atom. The number of carbonyl (C=O) groups is 1. The van der Waals surface area contributed by atoms with Crippen LogP contribution >= 0.6 is 0 Å². The predicted octanol–water partition coefficient (Wildman–Crippen LogP) is 2.96. The van der Waals surface area contributed by atoms with Crippen molar-refractivity contribution < 1.29 is 35.9 Å². The van der Waals surface area contributed by atoms with E-state index in [9.17, 15) is 26.4 Å². The first-order valence-corrected chi connectivity index (χ1v) is 8.29. The molecule has 1 aliphatic rings. The van der Waals surface area contributed by atoms with Crippen molar-refractivity contribution in [2.24, 2.45) is 0 Å². The molecule has 0 saturated heterocycles. The van der Waals surface area contributed by atoms with Crippen molar-refractivity contribution in [3.05, 3.63) is 48.0 Å². The van der Waals surface area contributed by atoms with E-state index in [0.29, 0.717) is 17.2 Å².